The van der Waals surface area contributed by atoms with Crippen LogP contribution < -0.4 is 22.1 Å². The number of nitrogens with one attached hydrogen (secondary N) is 2. The van der Waals surface area contributed by atoms with Crippen LogP contribution in [0.15, 0.2) is 60.7 Å². The SMILES string of the molecule is NC(Cc1ccccc1)C(=O)NCCCNC(=O)C(N)Cc1ccccc1. The number of hydrogen-bond acceptors (Lipinski definition) is 4. The van der Waals surface area contributed by atoms with E-state index in [4.69, 9.17) is 11.5 Å². The lowest BCUT2D eigenvalue weighted by Crippen LogP contribution is -2.44. The molecule has 6 nitrogen and oxygen atoms in total. The van der Waals surface area contributed by atoms with Gasteiger partial charge in [-0.15, -0.1) is 0 Å². The zero-order valence-corrected chi connectivity index (χ0v) is 15.4. The molecule has 2 rings (SSSR count). The summed E-state index contributed by atoms with van der Waals surface area (Å²) in [6.45, 7) is 0.908. The molecule has 0 fully saturated rings. The van der Waals surface area contributed by atoms with Crippen molar-refractivity contribution in [3.63, 3.8) is 0 Å². The molecular formula is C21H28N4O2. The molecule has 27 heavy (non-hydrogen) atoms. The smallest absolute Gasteiger partial charge is 0.237 e. The molecule has 0 aliphatic carbocycles. The van der Waals surface area contributed by atoms with Crippen molar-refractivity contribution in [2.75, 3.05) is 13.1 Å². The fraction of sp³-hybridized carbons (Fsp3) is 0.333. The first-order valence-corrected chi connectivity index (χ1v) is 9.20. The molecule has 2 unspecified atom stereocenters. The van der Waals surface area contributed by atoms with E-state index in [1.165, 1.54) is 0 Å². The van der Waals surface area contributed by atoms with Crippen molar-refractivity contribution in [1.29, 1.82) is 0 Å². The van der Waals surface area contributed by atoms with E-state index in [0.29, 0.717) is 32.4 Å². The second-order valence-electron chi connectivity index (χ2n) is 6.53. The molecule has 0 heterocycles. The van der Waals surface area contributed by atoms with Crippen molar-refractivity contribution >= 4 is 11.8 Å². The summed E-state index contributed by atoms with van der Waals surface area (Å²) in [7, 11) is 0. The Balaban J connectivity index is 1.59. The molecule has 2 aromatic rings. The molecule has 0 saturated carbocycles. The van der Waals surface area contributed by atoms with E-state index in [2.05, 4.69) is 10.6 Å². The van der Waals surface area contributed by atoms with Gasteiger partial charge in [-0.05, 0) is 30.4 Å². The quantitative estimate of drug-likeness (QED) is 0.464. The van der Waals surface area contributed by atoms with Crippen LogP contribution in [-0.2, 0) is 22.4 Å². The fourth-order valence-electron chi connectivity index (χ4n) is 2.70. The Bertz CT molecular complexity index is 645. The molecule has 6 heteroatoms. The zero-order valence-electron chi connectivity index (χ0n) is 15.4. The zero-order chi connectivity index (χ0) is 19.5. The van der Waals surface area contributed by atoms with Gasteiger partial charge in [-0.2, -0.15) is 0 Å². The first kappa shape index (κ1) is 20.6. The Hall–Kier alpha value is -2.70. The number of carbonyl (C=O) groups is 2. The van der Waals surface area contributed by atoms with Crippen molar-refractivity contribution in [2.24, 2.45) is 11.5 Å². The average Bonchev–Trinajstić information content (AvgIpc) is 2.68. The Morgan fingerprint density at radius 3 is 1.44 bits per heavy atom. The van der Waals surface area contributed by atoms with E-state index >= 15 is 0 Å². The topological polar surface area (TPSA) is 110 Å². The molecule has 144 valence electrons. The van der Waals surface area contributed by atoms with Crippen LogP contribution >= 0.6 is 0 Å². The minimum absolute atomic E-state index is 0.189. The molecule has 2 atom stereocenters. The van der Waals surface area contributed by atoms with E-state index in [1.807, 2.05) is 60.7 Å². The largest absolute Gasteiger partial charge is 0.355 e. The lowest BCUT2D eigenvalue weighted by molar-refractivity contribution is -0.122. The first-order valence-electron chi connectivity index (χ1n) is 9.20. The lowest BCUT2D eigenvalue weighted by atomic mass is 10.1. The summed E-state index contributed by atoms with van der Waals surface area (Å²) >= 11 is 0. The molecule has 0 radical (unpaired) electrons. The standard InChI is InChI=1S/C21H28N4O2/c22-18(14-16-8-3-1-4-9-16)20(26)24-12-7-13-25-21(27)19(23)15-17-10-5-2-6-11-17/h1-6,8-11,18-19H,7,12-15,22-23H2,(H,24,26)(H,25,27). The van der Waals surface area contributed by atoms with Crippen LogP contribution in [0.25, 0.3) is 0 Å². The van der Waals surface area contributed by atoms with E-state index in [9.17, 15) is 9.59 Å². The Kier molecular flexibility index (Phi) is 8.48. The van der Waals surface area contributed by atoms with Gasteiger partial charge in [0.2, 0.25) is 11.8 Å². The van der Waals surface area contributed by atoms with E-state index in [0.717, 1.165) is 11.1 Å². The van der Waals surface area contributed by atoms with Crippen LogP contribution in [0, 0.1) is 0 Å². The minimum atomic E-state index is -0.582. The second kappa shape index (κ2) is 11.1. The highest BCUT2D eigenvalue weighted by Gasteiger charge is 2.14. The molecule has 6 N–H and O–H groups in total. The molecule has 0 saturated heterocycles. The molecule has 0 spiro atoms. The van der Waals surface area contributed by atoms with E-state index < -0.39 is 12.1 Å². The molecule has 2 amide bonds. The summed E-state index contributed by atoms with van der Waals surface area (Å²) in [5.41, 5.74) is 13.9. The Morgan fingerprint density at radius 2 is 1.07 bits per heavy atom. The normalized spacial score (nSPS) is 12.8. The van der Waals surface area contributed by atoms with Crippen LogP contribution in [0.3, 0.4) is 0 Å². The summed E-state index contributed by atoms with van der Waals surface area (Å²) in [4.78, 5) is 24.0. The molecular weight excluding hydrogens is 340 g/mol. The van der Waals surface area contributed by atoms with E-state index in [-0.39, 0.29) is 11.8 Å². The van der Waals surface area contributed by atoms with Crippen LogP contribution in [0.5, 0.6) is 0 Å². The maximum absolute atomic E-state index is 12.0. The highest BCUT2D eigenvalue weighted by atomic mass is 16.2. The maximum Gasteiger partial charge on any atom is 0.237 e. The number of carbonyl (C=O) groups excluding carboxylic acids is 2. The lowest BCUT2D eigenvalue weighted by Gasteiger charge is -2.14. The number of rotatable bonds is 10. The van der Waals surface area contributed by atoms with Gasteiger partial charge in [-0.3, -0.25) is 9.59 Å². The fourth-order valence-corrected chi connectivity index (χ4v) is 2.70. The highest BCUT2D eigenvalue weighted by molar-refractivity contribution is 5.82. The van der Waals surface area contributed by atoms with Gasteiger partial charge in [0.25, 0.3) is 0 Å². The minimum Gasteiger partial charge on any atom is -0.355 e. The molecule has 0 aliphatic rings. The monoisotopic (exact) mass is 368 g/mol. The Morgan fingerprint density at radius 1 is 0.704 bits per heavy atom. The van der Waals surface area contributed by atoms with Crippen LogP contribution in [0.1, 0.15) is 17.5 Å². The van der Waals surface area contributed by atoms with Crippen LogP contribution in [-0.4, -0.2) is 37.0 Å². The summed E-state index contributed by atoms with van der Waals surface area (Å²) in [6, 6.07) is 18.2. The average molecular weight is 368 g/mol. The third kappa shape index (κ3) is 7.60. The van der Waals surface area contributed by atoms with Crippen LogP contribution in [0.2, 0.25) is 0 Å². The molecule has 0 bridgehead atoms. The van der Waals surface area contributed by atoms with Gasteiger partial charge in [0.1, 0.15) is 0 Å². The Labute approximate surface area is 160 Å². The summed E-state index contributed by atoms with van der Waals surface area (Å²) < 4.78 is 0. The van der Waals surface area contributed by atoms with Gasteiger partial charge < -0.3 is 22.1 Å². The highest BCUT2D eigenvalue weighted by Crippen LogP contribution is 2.02. The molecule has 0 aliphatic heterocycles. The van der Waals surface area contributed by atoms with Gasteiger partial charge >= 0.3 is 0 Å². The van der Waals surface area contributed by atoms with Crippen molar-refractivity contribution in [3.05, 3.63) is 71.8 Å². The van der Waals surface area contributed by atoms with Gasteiger partial charge in [-0.25, -0.2) is 0 Å². The predicted octanol–water partition coefficient (Wildman–Crippen LogP) is 0.749. The van der Waals surface area contributed by atoms with Crippen molar-refractivity contribution in [2.45, 2.75) is 31.3 Å². The van der Waals surface area contributed by atoms with Crippen molar-refractivity contribution in [3.8, 4) is 0 Å². The third-order valence-electron chi connectivity index (χ3n) is 4.22. The predicted molar refractivity (Wildman–Crippen MR) is 107 cm³/mol. The summed E-state index contributed by atoms with van der Waals surface area (Å²) in [5.74, 6) is -0.378. The van der Waals surface area contributed by atoms with Crippen molar-refractivity contribution < 1.29 is 9.59 Å². The number of benzene rings is 2. The first-order chi connectivity index (χ1) is 13.1. The van der Waals surface area contributed by atoms with E-state index in [1.54, 1.807) is 0 Å². The number of amides is 2. The molecule has 2 aromatic carbocycles. The van der Waals surface area contributed by atoms with Gasteiger partial charge in [0.05, 0.1) is 12.1 Å². The van der Waals surface area contributed by atoms with Gasteiger partial charge in [-0.1, -0.05) is 60.7 Å². The maximum atomic E-state index is 12.0. The number of hydrogen-bond donors (Lipinski definition) is 4. The summed E-state index contributed by atoms with van der Waals surface area (Å²) in [5, 5.41) is 5.60. The third-order valence-corrected chi connectivity index (χ3v) is 4.22. The second-order valence-corrected chi connectivity index (χ2v) is 6.53. The number of nitrogens with two attached hydrogens (primary N) is 2. The summed E-state index contributed by atoms with van der Waals surface area (Å²) in [6.07, 6.45) is 1.61. The van der Waals surface area contributed by atoms with Gasteiger partial charge in [0, 0.05) is 13.1 Å². The van der Waals surface area contributed by atoms with Gasteiger partial charge in [0.15, 0.2) is 0 Å². The van der Waals surface area contributed by atoms with Crippen LogP contribution in [0.4, 0.5) is 0 Å². The van der Waals surface area contributed by atoms with Crippen molar-refractivity contribution in [1.82, 2.24) is 10.6 Å². The molecule has 0 aromatic heterocycles.